The molecule has 0 unspecified atom stereocenters. The molecule has 12 heteroatoms. The van der Waals surface area contributed by atoms with E-state index in [2.05, 4.69) is 0 Å². The highest BCUT2D eigenvalue weighted by Gasteiger charge is 2.62. The molecule has 2 amide bonds. The number of ketones is 1. The van der Waals surface area contributed by atoms with Gasteiger partial charge in [0.15, 0.2) is 5.60 Å². The normalized spacial score (nSPS) is 28.5. The van der Waals surface area contributed by atoms with Crippen LogP contribution < -0.4 is 10.6 Å². The first-order chi connectivity index (χ1) is 19.1. The number of amides is 2. The second-order valence-corrected chi connectivity index (χ2v) is 12.4. The molecule has 0 radical (unpaired) electrons. The summed E-state index contributed by atoms with van der Waals surface area (Å²) in [7, 11) is 8.61. The number of rotatable bonds is 5. The lowest BCUT2D eigenvalue weighted by atomic mass is 9.58. The summed E-state index contributed by atoms with van der Waals surface area (Å²) in [6.07, 6.45) is 0.523. The number of primary amides is 1. The van der Waals surface area contributed by atoms with Crippen LogP contribution >= 0.6 is 0 Å². The fourth-order valence-electron chi connectivity index (χ4n) is 6.98. The summed E-state index contributed by atoms with van der Waals surface area (Å²) < 4.78 is 5.31. The zero-order valence-corrected chi connectivity index (χ0v) is 24.2. The number of carbonyl (C=O) groups excluding carboxylic acids is 3. The predicted molar refractivity (Wildman–Crippen MR) is 149 cm³/mol. The number of likely N-dealkylation sites (N-methyl/N-ethyl adjacent to an activating group) is 2. The Balaban J connectivity index is 1.65. The van der Waals surface area contributed by atoms with Gasteiger partial charge in [-0.3, -0.25) is 19.3 Å². The number of nitrogens with two attached hydrogens (primary N) is 1. The topological polar surface area (TPSA) is 177 Å². The molecule has 41 heavy (non-hydrogen) atoms. The van der Waals surface area contributed by atoms with Gasteiger partial charge in [0.25, 0.3) is 11.8 Å². The first-order valence-electron chi connectivity index (χ1n) is 13.6. The zero-order valence-electron chi connectivity index (χ0n) is 24.2. The van der Waals surface area contributed by atoms with Crippen molar-refractivity contribution in [1.29, 1.82) is 0 Å². The van der Waals surface area contributed by atoms with Gasteiger partial charge in [-0.1, -0.05) is 0 Å². The van der Waals surface area contributed by atoms with Gasteiger partial charge >= 0.3 is 0 Å². The highest BCUT2D eigenvalue weighted by molar-refractivity contribution is 6.24. The van der Waals surface area contributed by atoms with E-state index in [0.717, 1.165) is 11.3 Å². The van der Waals surface area contributed by atoms with E-state index < -0.39 is 51.9 Å². The lowest BCUT2D eigenvalue weighted by Gasteiger charge is -2.50. The number of phenolic OH excluding ortho intramolecular Hbond substituents is 1. The highest BCUT2D eigenvalue weighted by Crippen LogP contribution is 2.53. The van der Waals surface area contributed by atoms with Crippen molar-refractivity contribution < 1.29 is 39.5 Å². The maximum atomic E-state index is 13.6. The molecule has 222 valence electrons. The van der Waals surface area contributed by atoms with Crippen molar-refractivity contribution in [1.82, 2.24) is 9.80 Å². The maximum absolute atomic E-state index is 13.6. The number of allylic oxidation sites excluding steroid dienone is 1. The van der Waals surface area contributed by atoms with E-state index in [-0.39, 0.29) is 36.0 Å². The number of aromatic hydroxyl groups is 1. The van der Waals surface area contributed by atoms with Crippen LogP contribution in [0, 0.1) is 11.8 Å². The van der Waals surface area contributed by atoms with Gasteiger partial charge in [-0.15, -0.1) is 0 Å². The quantitative estimate of drug-likeness (QED) is 0.312. The summed E-state index contributed by atoms with van der Waals surface area (Å²) in [4.78, 5) is 44.3. The Kier molecular flexibility index (Phi) is 6.67. The van der Waals surface area contributed by atoms with E-state index >= 15 is 0 Å². The molecule has 0 aromatic heterocycles. The average Bonchev–Trinajstić information content (AvgIpc) is 2.87. The molecule has 0 bridgehead atoms. The Bertz CT molecular complexity index is 1430. The third kappa shape index (κ3) is 3.95. The van der Waals surface area contributed by atoms with Crippen LogP contribution in [0.4, 0.5) is 5.69 Å². The molecule has 3 aliphatic carbocycles. The summed E-state index contributed by atoms with van der Waals surface area (Å²) in [5.74, 6) is -5.42. The number of ether oxygens (including phenoxy) is 1. The molecule has 1 aromatic carbocycles. The molecule has 12 nitrogen and oxygen atoms in total. The Labute approximate surface area is 238 Å². The van der Waals surface area contributed by atoms with Gasteiger partial charge in [-0.05, 0) is 57.0 Å². The van der Waals surface area contributed by atoms with E-state index in [1.807, 2.05) is 25.9 Å². The van der Waals surface area contributed by atoms with Crippen molar-refractivity contribution in [3.8, 4) is 5.75 Å². The number of hydrogen-bond acceptors (Lipinski definition) is 10. The number of carbonyl (C=O) groups is 3. The Morgan fingerprint density at radius 1 is 1.07 bits per heavy atom. The summed E-state index contributed by atoms with van der Waals surface area (Å²) in [6.45, 7) is 2.66. The Morgan fingerprint density at radius 2 is 1.71 bits per heavy atom. The monoisotopic (exact) mass is 570 g/mol. The van der Waals surface area contributed by atoms with Crippen molar-refractivity contribution in [2.45, 2.75) is 43.4 Å². The standard InChI is InChI=1S/C29H38N4O8/c1-28(11-41-12-28)33(6)27(39)17-10-19(31(2)3)15-7-13-8-18-21(32(4)5)23(35)20(26(30)38)25(37)29(18,40)24(36)14(13)9-16(15)22(17)34/h10,13,18,21,34-36,40H,7-9,11-12H2,1-6H3,(H2,30,38)/t13-,18-,21-,29-/m0/s1. The average molecular weight is 571 g/mol. The number of aliphatic hydroxyl groups excluding tert-OH is 2. The van der Waals surface area contributed by atoms with E-state index in [0.29, 0.717) is 30.8 Å². The number of anilines is 1. The Hall–Kier alpha value is -3.61. The van der Waals surface area contributed by atoms with Gasteiger partial charge in [0.2, 0.25) is 5.78 Å². The Morgan fingerprint density at radius 3 is 2.22 bits per heavy atom. The fourth-order valence-corrected chi connectivity index (χ4v) is 6.98. The van der Waals surface area contributed by atoms with Crippen LogP contribution in [0.25, 0.3) is 0 Å². The van der Waals surface area contributed by atoms with Crippen molar-refractivity contribution in [2.24, 2.45) is 17.6 Å². The number of fused-ring (bicyclic) bond motifs is 3. The van der Waals surface area contributed by atoms with Gasteiger partial charge in [-0.2, -0.15) is 0 Å². The minimum absolute atomic E-state index is 0.0275. The molecule has 1 heterocycles. The zero-order chi connectivity index (χ0) is 30.3. The van der Waals surface area contributed by atoms with E-state index in [9.17, 15) is 34.8 Å². The van der Waals surface area contributed by atoms with E-state index in [4.69, 9.17) is 10.5 Å². The highest BCUT2D eigenvalue weighted by atomic mass is 16.5. The number of benzene rings is 1. The summed E-state index contributed by atoms with van der Waals surface area (Å²) in [5, 5.41) is 45.8. The molecule has 1 aromatic rings. The number of nitrogens with zero attached hydrogens (tertiary/aromatic N) is 3. The van der Waals surface area contributed by atoms with Crippen LogP contribution in [0.1, 0.15) is 34.8 Å². The lowest BCUT2D eigenvalue weighted by molar-refractivity contribution is -0.148. The fraction of sp³-hybridized carbons (Fsp3) is 0.552. The van der Waals surface area contributed by atoms with E-state index in [1.54, 1.807) is 37.0 Å². The molecule has 1 fully saturated rings. The molecule has 1 aliphatic heterocycles. The maximum Gasteiger partial charge on any atom is 0.258 e. The third-order valence-corrected chi connectivity index (χ3v) is 9.49. The molecule has 0 saturated carbocycles. The van der Waals surface area contributed by atoms with Crippen LogP contribution in [0.5, 0.6) is 5.75 Å². The predicted octanol–water partition coefficient (Wildman–Crippen LogP) is 0.407. The molecule has 4 aliphatic rings. The SMILES string of the molecule is CN(C)c1cc(C(=O)N(C)C2(C)COC2)c(O)c2c1C[C@H]1C[C@H]3[C@H](N(C)C)C(O)=C(C(N)=O)C(=O)[C@@]3(O)C(O)=C1C2. The smallest absolute Gasteiger partial charge is 0.258 e. The summed E-state index contributed by atoms with van der Waals surface area (Å²) in [5.41, 5.74) is 4.05. The largest absolute Gasteiger partial charge is 0.510 e. The van der Waals surface area contributed by atoms with Crippen LogP contribution in [-0.2, 0) is 27.2 Å². The number of aliphatic hydroxyl groups is 3. The first kappa shape index (κ1) is 28.9. The van der Waals surface area contributed by atoms with Gasteiger partial charge < -0.3 is 40.7 Å². The molecular weight excluding hydrogens is 532 g/mol. The van der Waals surface area contributed by atoms with Gasteiger partial charge in [0.05, 0.1) is 30.4 Å². The summed E-state index contributed by atoms with van der Waals surface area (Å²) >= 11 is 0. The number of Topliss-reactive ketones (excluding diaryl/α,β-unsaturated/α-hetero) is 1. The first-order valence-corrected chi connectivity index (χ1v) is 13.6. The van der Waals surface area contributed by atoms with Crippen LogP contribution in [0.15, 0.2) is 28.7 Å². The van der Waals surface area contributed by atoms with Crippen LogP contribution in [0.2, 0.25) is 0 Å². The summed E-state index contributed by atoms with van der Waals surface area (Å²) in [6, 6.07) is 0.712. The molecule has 1 saturated heterocycles. The second-order valence-electron chi connectivity index (χ2n) is 12.4. The van der Waals surface area contributed by atoms with Crippen molar-refractivity contribution in [3.63, 3.8) is 0 Å². The van der Waals surface area contributed by atoms with Crippen LogP contribution in [0.3, 0.4) is 0 Å². The lowest BCUT2D eigenvalue weighted by Crippen LogP contribution is -2.63. The second kappa shape index (κ2) is 9.47. The molecule has 0 spiro atoms. The van der Waals surface area contributed by atoms with Gasteiger partial charge in [-0.25, -0.2) is 0 Å². The number of hydrogen-bond donors (Lipinski definition) is 5. The van der Waals surface area contributed by atoms with Gasteiger partial charge in [0, 0.05) is 44.7 Å². The minimum atomic E-state index is -2.50. The van der Waals surface area contributed by atoms with Gasteiger partial charge in [0.1, 0.15) is 22.8 Å². The van der Waals surface area contributed by atoms with Crippen molar-refractivity contribution in [3.05, 3.63) is 45.4 Å². The minimum Gasteiger partial charge on any atom is -0.510 e. The molecule has 6 N–H and O–H groups in total. The van der Waals surface area contributed by atoms with Crippen molar-refractivity contribution >= 4 is 23.3 Å². The molecular formula is C29H38N4O8. The van der Waals surface area contributed by atoms with Crippen LogP contribution in [-0.4, -0.2) is 113 Å². The number of phenols is 1. The molecule has 4 atom stereocenters. The van der Waals surface area contributed by atoms with E-state index in [1.165, 1.54) is 0 Å². The van der Waals surface area contributed by atoms with Crippen molar-refractivity contribution in [2.75, 3.05) is 53.4 Å². The third-order valence-electron chi connectivity index (χ3n) is 9.49. The molecule has 5 rings (SSSR count).